The Kier molecular flexibility index (Phi) is 8.24. The van der Waals surface area contributed by atoms with Gasteiger partial charge in [-0.25, -0.2) is 4.39 Å². The minimum absolute atomic E-state index is 0.0701. The van der Waals surface area contributed by atoms with Crippen LogP contribution in [-0.2, 0) is 21.5 Å². The van der Waals surface area contributed by atoms with Crippen LogP contribution in [0.15, 0.2) is 77.7 Å². The van der Waals surface area contributed by atoms with E-state index < -0.39 is 15.9 Å². The van der Waals surface area contributed by atoms with Crippen LogP contribution in [0.3, 0.4) is 0 Å². The van der Waals surface area contributed by atoms with Gasteiger partial charge in [0.1, 0.15) is 16.5 Å². The molecule has 0 fully saturated rings. The number of halogens is 1. The number of benzene rings is 3. The summed E-state index contributed by atoms with van der Waals surface area (Å²) >= 11 is 0. The van der Waals surface area contributed by atoms with Crippen LogP contribution < -0.4 is 9.50 Å². The Morgan fingerprint density at radius 2 is 1.69 bits per heavy atom. The third-order valence-corrected chi connectivity index (χ3v) is 6.19. The Bertz CT molecular complexity index is 1310. The van der Waals surface area contributed by atoms with Crippen molar-refractivity contribution in [3.8, 4) is 5.75 Å². The number of para-hydroxylation sites is 1. The first-order chi connectivity index (χ1) is 16.5. The molecule has 184 valence electrons. The van der Waals surface area contributed by atoms with Crippen molar-refractivity contribution >= 4 is 27.6 Å². The first kappa shape index (κ1) is 25.9. The van der Waals surface area contributed by atoms with Crippen molar-refractivity contribution < 1.29 is 26.6 Å². The predicted molar refractivity (Wildman–Crippen MR) is 131 cm³/mol. The molecule has 9 heteroatoms. The lowest BCUT2D eigenvalue weighted by atomic mass is 10.1. The minimum Gasteiger partial charge on any atom is -0.379 e. The number of carbonyl (C=O) groups excluding carboxylic acids is 2. The van der Waals surface area contributed by atoms with Crippen molar-refractivity contribution in [2.45, 2.75) is 32.2 Å². The molecular weight excluding hydrogens is 471 g/mol. The van der Waals surface area contributed by atoms with Gasteiger partial charge >= 0.3 is 10.1 Å². The maximum Gasteiger partial charge on any atom is 0.339 e. The number of hydrogen-bond acceptors (Lipinski definition) is 5. The van der Waals surface area contributed by atoms with Crippen molar-refractivity contribution in [1.29, 1.82) is 0 Å². The summed E-state index contributed by atoms with van der Waals surface area (Å²) in [5, 5.41) is 2.57. The smallest absolute Gasteiger partial charge is 0.339 e. The number of hydrogen-bond donors (Lipinski definition) is 1. The SMILES string of the molecule is CC(=O)Nc1ccc(S(=O)(=O)Oc2ccccc2CN(CC(C)C)C(=O)c2cccc(F)c2)cc1. The van der Waals surface area contributed by atoms with Crippen molar-refractivity contribution in [3.63, 3.8) is 0 Å². The Labute approximate surface area is 204 Å². The highest BCUT2D eigenvalue weighted by molar-refractivity contribution is 7.87. The number of nitrogens with zero attached hydrogens (tertiary/aromatic N) is 1. The fraction of sp³-hybridized carbons (Fsp3) is 0.231. The third-order valence-electron chi connectivity index (χ3n) is 4.94. The zero-order valence-electron chi connectivity index (χ0n) is 19.7. The lowest BCUT2D eigenvalue weighted by Gasteiger charge is -2.26. The highest BCUT2D eigenvalue weighted by Gasteiger charge is 2.22. The molecule has 0 spiro atoms. The third kappa shape index (κ3) is 7.13. The second-order valence-electron chi connectivity index (χ2n) is 8.44. The maximum absolute atomic E-state index is 13.7. The van der Waals surface area contributed by atoms with E-state index in [0.717, 1.165) is 0 Å². The molecule has 0 aromatic heterocycles. The van der Waals surface area contributed by atoms with Crippen LogP contribution in [-0.4, -0.2) is 31.7 Å². The monoisotopic (exact) mass is 498 g/mol. The Balaban J connectivity index is 1.86. The summed E-state index contributed by atoms with van der Waals surface area (Å²) in [6.07, 6.45) is 0. The van der Waals surface area contributed by atoms with Gasteiger partial charge in [0, 0.05) is 36.8 Å². The van der Waals surface area contributed by atoms with E-state index in [4.69, 9.17) is 4.18 Å². The molecule has 3 aromatic carbocycles. The Morgan fingerprint density at radius 3 is 2.31 bits per heavy atom. The van der Waals surface area contributed by atoms with Gasteiger partial charge in [-0.1, -0.05) is 38.1 Å². The van der Waals surface area contributed by atoms with Gasteiger partial charge < -0.3 is 14.4 Å². The molecule has 0 saturated heterocycles. The highest BCUT2D eigenvalue weighted by Crippen LogP contribution is 2.26. The molecule has 2 amide bonds. The molecule has 0 saturated carbocycles. The first-order valence-corrected chi connectivity index (χ1v) is 12.4. The quantitative estimate of drug-likeness (QED) is 0.426. The van der Waals surface area contributed by atoms with E-state index in [9.17, 15) is 22.4 Å². The van der Waals surface area contributed by atoms with Crippen LogP contribution >= 0.6 is 0 Å². The zero-order chi connectivity index (χ0) is 25.6. The van der Waals surface area contributed by atoms with Gasteiger partial charge in [-0.15, -0.1) is 0 Å². The summed E-state index contributed by atoms with van der Waals surface area (Å²) < 4.78 is 45.0. The van der Waals surface area contributed by atoms with Gasteiger partial charge in [0.05, 0.1) is 0 Å². The van der Waals surface area contributed by atoms with Crippen LogP contribution in [0.25, 0.3) is 0 Å². The van der Waals surface area contributed by atoms with Crippen LogP contribution in [0.4, 0.5) is 10.1 Å². The fourth-order valence-corrected chi connectivity index (χ4v) is 4.42. The summed E-state index contributed by atoms with van der Waals surface area (Å²) in [4.78, 5) is 25.8. The predicted octanol–water partition coefficient (Wildman–Crippen LogP) is 4.85. The average molecular weight is 499 g/mol. The van der Waals surface area contributed by atoms with Crippen molar-refractivity contribution in [3.05, 3.63) is 89.7 Å². The molecule has 0 aliphatic rings. The van der Waals surface area contributed by atoms with E-state index in [1.54, 1.807) is 18.2 Å². The van der Waals surface area contributed by atoms with E-state index in [0.29, 0.717) is 17.8 Å². The van der Waals surface area contributed by atoms with Gasteiger partial charge in [-0.05, 0) is 54.4 Å². The summed E-state index contributed by atoms with van der Waals surface area (Å²) in [5.41, 5.74) is 1.14. The van der Waals surface area contributed by atoms with Crippen LogP contribution in [0, 0.1) is 11.7 Å². The van der Waals surface area contributed by atoms with E-state index in [1.165, 1.54) is 66.4 Å². The Morgan fingerprint density at radius 1 is 1.00 bits per heavy atom. The van der Waals surface area contributed by atoms with Crippen LogP contribution in [0.1, 0.15) is 36.7 Å². The topological polar surface area (TPSA) is 92.8 Å². The molecule has 1 N–H and O–H groups in total. The molecule has 0 heterocycles. The summed E-state index contributed by atoms with van der Waals surface area (Å²) in [6.45, 7) is 5.70. The molecule has 35 heavy (non-hydrogen) atoms. The molecule has 7 nitrogen and oxygen atoms in total. The number of nitrogens with one attached hydrogen (secondary N) is 1. The molecule has 0 atom stereocenters. The second kappa shape index (κ2) is 11.1. The second-order valence-corrected chi connectivity index (χ2v) is 9.99. The summed E-state index contributed by atoms with van der Waals surface area (Å²) in [6, 6.07) is 17.6. The van der Waals surface area contributed by atoms with E-state index in [1.807, 2.05) is 13.8 Å². The van der Waals surface area contributed by atoms with Crippen LogP contribution in [0.2, 0.25) is 0 Å². The van der Waals surface area contributed by atoms with Gasteiger partial charge in [0.2, 0.25) is 5.91 Å². The molecule has 0 unspecified atom stereocenters. The molecule has 0 aliphatic carbocycles. The van der Waals surface area contributed by atoms with Crippen molar-refractivity contribution in [2.75, 3.05) is 11.9 Å². The van der Waals surface area contributed by atoms with Crippen molar-refractivity contribution in [1.82, 2.24) is 4.90 Å². The van der Waals surface area contributed by atoms with Crippen LogP contribution in [0.5, 0.6) is 5.75 Å². The lowest BCUT2D eigenvalue weighted by Crippen LogP contribution is -2.34. The number of rotatable bonds is 9. The average Bonchev–Trinajstić information content (AvgIpc) is 2.79. The van der Waals surface area contributed by atoms with E-state index in [-0.39, 0.29) is 40.5 Å². The summed E-state index contributed by atoms with van der Waals surface area (Å²) in [5.74, 6) is -0.959. The van der Waals surface area contributed by atoms with Gasteiger partial charge in [-0.2, -0.15) is 8.42 Å². The van der Waals surface area contributed by atoms with Gasteiger partial charge in [0.25, 0.3) is 5.91 Å². The molecular formula is C26H27FN2O5S. The van der Waals surface area contributed by atoms with E-state index >= 15 is 0 Å². The number of anilines is 1. The highest BCUT2D eigenvalue weighted by atomic mass is 32.2. The van der Waals surface area contributed by atoms with Crippen molar-refractivity contribution in [2.24, 2.45) is 5.92 Å². The molecule has 0 aliphatic heterocycles. The molecule has 3 rings (SSSR count). The summed E-state index contributed by atoms with van der Waals surface area (Å²) in [7, 11) is -4.18. The molecule has 0 radical (unpaired) electrons. The largest absolute Gasteiger partial charge is 0.379 e. The lowest BCUT2D eigenvalue weighted by molar-refractivity contribution is -0.114. The standard InChI is InChI=1S/C26H27FN2O5S/c1-18(2)16-29(26(31)20-8-6-9-22(27)15-20)17-21-7-4-5-10-25(21)34-35(32,33)24-13-11-23(12-14-24)28-19(3)30/h4-15,18H,16-17H2,1-3H3,(H,28,30). The minimum atomic E-state index is -4.18. The Hall–Kier alpha value is -3.72. The first-order valence-electron chi connectivity index (χ1n) is 11.0. The molecule has 0 bridgehead atoms. The van der Waals surface area contributed by atoms with Gasteiger partial charge in [0.15, 0.2) is 0 Å². The fourth-order valence-electron chi connectivity index (χ4n) is 3.46. The van der Waals surface area contributed by atoms with E-state index in [2.05, 4.69) is 5.32 Å². The maximum atomic E-state index is 13.7. The van der Waals surface area contributed by atoms with Gasteiger partial charge in [-0.3, -0.25) is 9.59 Å². The zero-order valence-corrected chi connectivity index (χ0v) is 20.5. The number of carbonyl (C=O) groups is 2. The normalized spacial score (nSPS) is 11.2. The molecule has 3 aromatic rings. The number of amides is 2.